The lowest BCUT2D eigenvalue weighted by Gasteiger charge is -2.31. The molecule has 94 valence electrons. The van der Waals surface area contributed by atoms with E-state index in [-0.39, 0.29) is 5.97 Å². The molecule has 0 N–H and O–H groups in total. The molecule has 1 rings (SSSR count). The van der Waals surface area contributed by atoms with Crippen LogP contribution in [0.25, 0.3) is 0 Å². The molecule has 1 heterocycles. The van der Waals surface area contributed by atoms with E-state index >= 15 is 0 Å². The van der Waals surface area contributed by atoms with Crippen molar-refractivity contribution in [3.05, 3.63) is 0 Å². The van der Waals surface area contributed by atoms with Gasteiger partial charge in [0.05, 0.1) is 5.41 Å². The summed E-state index contributed by atoms with van der Waals surface area (Å²) in [6, 6.07) is 0. The number of rotatable bonds is 3. The van der Waals surface area contributed by atoms with Crippen LogP contribution in [0.3, 0.4) is 0 Å². The van der Waals surface area contributed by atoms with E-state index in [1.807, 2.05) is 20.8 Å². The predicted octanol–water partition coefficient (Wildman–Crippen LogP) is 1.85. The van der Waals surface area contributed by atoms with Gasteiger partial charge in [0.1, 0.15) is 0 Å². The number of methoxy groups -OCH3 is 1. The number of piperidine rings is 1. The molecule has 0 saturated carbocycles. The molecule has 1 aliphatic rings. The number of ether oxygens (including phenoxy) is 1. The second kappa shape index (κ2) is 5.64. The molecule has 0 aromatic heterocycles. The zero-order valence-electron chi connectivity index (χ0n) is 10.8. The molecule has 16 heavy (non-hydrogen) atoms. The highest BCUT2D eigenvalue weighted by atomic mass is 16.7. The largest absolute Gasteiger partial charge is 0.384 e. The van der Waals surface area contributed by atoms with Crippen molar-refractivity contribution in [1.29, 1.82) is 0 Å². The molecule has 0 bridgehead atoms. The summed E-state index contributed by atoms with van der Waals surface area (Å²) in [5, 5.41) is 1.78. The third-order valence-electron chi connectivity index (χ3n) is 2.80. The van der Waals surface area contributed by atoms with Gasteiger partial charge in [0, 0.05) is 26.8 Å². The first-order chi connectivity index (χ1) is 7.43. The molecule has 0 radical (unpaired) electrons. The van der Waals surface area contributed by atoms with Crippen LogP contribution in [-0.4, -0.2) is 37.8 Å². The minimum Gasteiger partial charge on any atom is -0.384 e. The summed E-state index contributed by atoms with van der Waals surface area (Å²) in [4.78, 5) is 17.0. The molecule has 1 aliphatic heterocycles. The van der Waals surface area contributed by atoms with Crippen LogP contribution in [0.15, 0.2) is 0 Å². The lowest BCUT2D eigenvalue weighted by Crippen LogP contribution is -2.39. The third kappa shape index (κ3) is 4.10. The van der Waals surface area contributed by atoms with E-state index in [0.29, 0.717) is 5.92 Å². The number of nitrogens with zero attached hydrogens (tertiary/aromatic N) is 1. The molecule has 0 aliphatic carbocycles. The van der Waals surface area contributed by atoms with Crippen LogP contribution in [0.1, 0.15) is 33.6 Å². The van der Waals surface area contributed by atoms with E-state index in [1.54, 1.807) is 12.2 Å². The van der Waals surface area contributed by atoms with Crippen LogP contribution >= 0.6 is 0 Å². The number of hydroxylamine groups is 2. The van der Waals surface area contributed by atoms with Crippen molar-refractivity contribution in [2.24, 2.45) is 11.3 Å². The molecule has 0 aromatic rings. The molecular formula is C12H23NO3. The molecule has 4 heteroatoms. The highest BCUT2D eigenvalue weighted by Crippen LogP contribution is 2.21. The number of carbonyl (C=O) groups excluding carboxylic acids is 1. The topological polar surface area (TPSA) is 38.8 Å². The summed E-state index contributed by atoms with van der Waals surface area (Å²) in [7, 11) is 1.73. The van der Waals surface area contributed by atoms with Gasteiger partial charge < -0.3 is 9.57 Å². The standard InChI is InChI=1S/C12H23NO3/c1-12(2,3)11(14)16-13-7-5-10(6-8-13)9-15-4/h10H,5-9H2,1-4H3. The predicted molar refractivity (Wildman–Crippen MR) is 61.7 cm³/mol. The van der Waals surface area contributed by atoms with Gasteiger partial charge in [0.15, 0.2) is 0 Å². The Labute approximate surface area is 97.9 Å². The van der Waals surface area contributed by atoms with E-state index in [0.717, 1.165) is 32.5 Å². The quantitative estimate of drug-likeness (QED) is 0.740. The van der Waals surface area contributed by atoms with E-state index in [9.17, 15) is 4.79 Å². The van der Waals surface area contributed by atoms with Crippen molar-refractivity contribution in [3.8, 4) is 0 Å². The SMILES string of the molecule is COCC1CCN(OC(=O)C(C)(C)C)CC1. The molecule has 0 unspecified atom stereocenters. The highest BCUT2D eigenvalue weighted by Gasteiger charge is 2.28. The van der Waals surface area contributed by atoms with Crippen molar-refractivity contribution >= 4 is 5.97 Å². The van der Waals surface area contributed by atoms with Crippen molar-refractivity contribution in [3.63, 3.8) is 0 Å². The first-order valence-electron chi connectivity index (χ1n) is 5.89. The number of hydrogen-bond acceptors (Lipinski definition) is 4. The van der Waals surface area contributed by atoms with E-state index in [1.165, 1.54) is 0 Å². The lowest BCUT2D eigenvalue weighted by molar-refractivity contribution is -0.206. The van der Waals surface area contributed by atoms with Crippen LogP contribution in [0.4, 0.5) is 0 Å². The Morgan fingerprint density at radius 2 is 1.88 bits per heavy atom. The zero-order valence-corrected chi connectivity index (χ0v) is 10.8. The van der Waals surface area contributed by atoms with Crippen LogP contribution < -0.4 is 0 Å². The molecule has 1 fully saturated rings. The molecule has 0 amide bonds. The van der Waals surface area contributed by atoms with Gasteiger partial charge in [-0.3, -0.25) is 0 Å². The average molecular weight is 229 g/mol. The minimum atomic E-state index is -0.427. The van der Waals surface area contributed by atoms with E-state index < -0.39 is 5.41 Å². The van der Waals surface area contributed by atoms with Crippen molar-refractivity contribution in [2.45, 2.75) is 33.6 Å². The van der Waals surface area contributed by atoms with Gasteiger partial charge in [0.25, 0.3) is 0 Å². The fraction of sp³-hybridized carbons (Fsp3) is 0.917. The number of hydrogen-bond donors (Lipinski definition) is 0. The van der Waals surface area contributed by atoms with E-state index in [4.69, 9.17) is 9.57 Å². The van der Waals surface area contributed by atoms with Crippen molar-refractivity contribution < 1.29 is 14.4 Å². The zero-order chi connectivity index (χ0) is 12.2. The molecule has 1 saturated heterocycles. The van der Waals surface area contributed by atoms with Gasteiger partial charge in [-0.1, -0.05) is 0 Å². The normalized spacial score (nSPS) is 19.8. The van der Waals surface area contributed by atoms with Gasteiger partial charge in [-0.05, 0) is 39.5 Å². The van der Waals surface area contributed by atoms with Crippen LogP contribution in [0.5, 0.6) is 0 Å². The molecular weight excluding hydrogens is 206 g/mol. The van der Waals surface area contributed by atoms with Gasteiger partial charge in [-0.25, -0.2) is 4.79 Å². The Bertz CT molecular complexity index is 227. The first kappa shape index (κ1) is 13.5. The van der Waals surface area contributed by atoms with Crippen LogP contribution in [-0.2, 0) is 14.4 Å². The van der Waals surface area contributed by atoms with Gasteiger partial charge in [-0.15, -0.1) is 5.06 Å². The smallest absolute Gasteiger partial charge is 0.330 e. The Morgan fingerprint density at radius 3 is 2.31 bits per heavy atom. The molecule has 0 spiro atoms. The summed E-state index contributed by atoms with van der Waals surface area (Å²) in [6.45, 7) is 8.04. The maximum atomic E-state index is 11.7. The van der Waals surface area contributed by atoms with Crippen molar-refractivity contribution in [2.75, 3.05) is 26.8 Å². The van der Waals surface area contributed by atoms with Crippen LogP contribution in [0.2, 0.25) is 0 Å². The summed E-state index contributed by atoms with van der Waals surface area (Å²) in [6.07, 6.45) is 2.07. The highest BCUT2D eigenvalue weighted by molar-refractivity contribution is 5.75. The van der Waals surface area contributed by atoms with Gasteiger partial charge in [-0.2, -0.15) is 0 Å². The van der Waals surface area contributed by atoms with E-state index in [2.05, 4.69) is 0 Å². The maximum Gasteiger partial charge on any atom is 0.330 e. The summed E-state index contributed by atoms with van der Waals surface area (Å²) < 4.78 is 5.13. The minimum absolute atomic E-state index is 0.155. The average Bonchev–Trinajstić information content (AvgIpc) is 2.20. The molecule has 4 nitrogen and oxygen atoms in total. The Morgan fingerprint density at radius 1 is 1.31 bits per heavy atom. The fourth-order valence-electron chi connectivity index (χ4n) is 1.66. The van der Waals surface area contributed by atoms with Crippen LogP contribution in [0, 0.1) is 11.3 Å². The third-order valence-corrected chi connectivity index (χ3v) is 2.80. The Hall–Kier alpha value is -0.610. The van der Waals surface area contributed by atoms with Gasteiger partial charge >= 0.3 is 5.97 Å². The Balaban J connectivity index is 2.30. The molecule has 0 aromatic carbocycles. The summed E-state index contributed by atoms with van der Waals surface area (Å²) >= 11 is 0. The molecule has 0 atom stereocenters. The van der Waals surface area contributed by atoms with Crippen molar-refractivity contribution in [1.82, 2.24) is 5.06 Å². The second-order valence-corrected chi connectivity index (χ2v) is 5.46. The second-order valence-electron chi connectivity index (χ2n) is 5.46. The summed E-state index contributed by atoms with van der Waals surface area (Å²) in [5.74, 6) is 0.451. The maximum absolute atomic E-state index is 11.7. The first-order valence-corrected chi connectivity index (χ1v) is 5.89. The monoisotopic (exact) mass is 229 g/mol. The lowest BCUT2D eigenvalue weighted by atomic mass is 9.97. The number of carbonyl (C=O) groups is 1. The Kier molecular flexibility index (Phi) is 4.74. The van der Waals surface area contributed by atoms with Gasteiger partial charge in [0.2, 0.25) is 0 Å². The summed E-state index contributed by atoms with van der Waals surface area (Å²) in [5.41, 5.74) is -0.427. The fourth-order valence-corrected chi connectivity index (χ4v) is 1.66.